The first kappa shape index (κ1) is 15.9. The first-order valence-electron chi connectivity index (χ1n) is 7.68. The second-order valence-corrected chi connectivity index (χ2v) is 5.47. The molecule has 1 aromatic rings. The Balaban J connectivity index is 2.21. The first-order valence-corrected chi connectivity index (χ1v) is 7.68. The molecule has 1 rings (SSSR count). The van der Waals surface area contributed by atoms with E-state index >= 15 is 0 Å². The van der Waals surface area contributed by atoms with Gasteiger partial charge in [-0.15, -0.1) is 0 Å². The van der Waals surface area contributed by atoms with Gasteiger partial charge in [-0.2, -0.15) is 0 Å². The summed E-state index contributed by atoms with van der Waals surface area (Å²) in [5.74, 6) is 0. The average molecular weight is 264 g/mol. The molecule has 3 nitrogen and oxygen atoms in total. The Bertz CT molecular complexity index is 423. The summed E-state index contributed by atoms with van der Waals surface area (Å²) >= 11 is 0. The van der Waals surface area contributed by atoms with Crippen LogP contribution in [0.3, 0.4) is 0 Å². The zero-order valence-electron chi connectivity index (χ0n) is 12.7. The highest BCUT2D eigenvalue weighted by Gasteiger charge is 2.04. The van der Waals surface area contributed by atoms with E-state index < -0.39 is 0 Å². The van der Waals surface area contributed by atoms with E-state index in [4.69, 9.17) is 0 Å². The van der Waals surface area contributed by atoms with E-state index in [1.54, 1.807) is 17.8 Å². The van der Waals surface area contributed by atoms with Crippen LogP contribution < -0.4 is 5.56 Å². The summed E-state index contributed by atoms with van der Waals surface area (Å²) in [6.45, 7) is 4.19. The van der Waals surface area contributed by atoms with Gasteiger partial charge in [0.25, 0.3) is 5.56 Å². The number of nitrogens with zero attached hydrogens (tertiary/aromatic N) is 2. The van der Waals surface area contributed by atoms with Crippen molar-refractivity contribution < 1.29 is 0 Å². The normalized spacial score (nSPS) is 10.9. The van der Waals surface area contributed by atoms with E-state index in [0.717, 1.165) is 24.2 Å². The average Bonchev–Trinajstić information content (AvgIpc) is 2.38. The van der Waals surface area contributed by atoms with E-state index in [9.17, 15) is 4.79 Å². The molecule has 0 fully saturated rings. The van der Waals surface area contributed by atoms with Crippen molar-refractivity contribution in [2.24, 2.45) is 7.05 Å². The second-order valence-electron chi connectivity index (χ2n) is 5.47. The molecule has 0 radical (unpaired) electrons. The monoisotopic (exact) mass is 264 g/mol. The lowest BCUT2D eigenvalue weighted by atomic mass is 10.1. The first-order chi connectivity index (χ1) is 9.15. The van der Waals surface area contributed by atoms with Gasteiger partial charge in [0.05, 0.1) is 5.69 Å². The van der Waals surface area contributed by atoms with Gasteiger partial charge in [-0.05, 0) is 19.8 Å². The predicted octanol–water partition coefficient (Wildman–Crippen LogP) is 3.77. The second kappa shape index (κ2) is 8.89. The maximum absolute atomic E-state index is 11.9. The van der Waals surface area contributed by atoms with Crippen molar-refractivity contribution in [3.63, 3.8) is 0 Å². The molecule has 19 heavy (non-hydrogen) atoms. The van der Waals surface area contributed by atoms with Gasteiger partial charge in [0.15, 0.2) is 0 Å². The zero-order chi connectivity index (χ0) is 14.1. The molecule has 108 valence electrons. The fourth-order valence-corrected chi connectivity index (χ4v) is 2.42. The third kappa shape index (κ3) is 6.04. The van der Waals surface area contributed by atoms with E-state index in [0.29, 0.717) is 0 Å². The number of hydrogen-bond acceptors (Lipinski definition) is 2. The molecule has 0 saturated carbocycles. The van der Waals surface area contributed by atoms with Gasteiger partial charge >= 0.3 is 0 Å². The van der Waals surface area contributed by atoms with E-state index in [1.165, 1.54) is 44.9 Å². The summed E-state index contributed by atoms with van der Waals surface area (Å²) in [7, 11) is 1.80. The molecular weight excluding hydrogens is 236 g/mol. The maximum Gasteiger partial charge on any atom is 0.271 e. The van der Waals surface area contributed by atoms with Crippen molar-refractivity contribution >= 4 is 0 Å². The molecule has 1 heterocycles. The maximum atomic E-state index is 11.9. The molecule has 0 aliphatic heterocycles. The minimum Gasteiger partial charge on any atom is -0.315 e. The fraction of sp³-hybridized carbons (Fsp3) is 0.750. The molecule has 0 atom stereocenters. The molecule has 0 aliphatic carbocycles. The van der Waals surface area contributed by atoms with Gasteiger partial charge in [-0.1, -0.05) is 51.9 Å². The van der Waals surface area contributed by atoms with Gasteiger partial charge in [0.1, 0.15) is 5.69 Å². The molecule has 0 aliphatic rings. The Hall–Kier alpha value is -1.12. The molecule has 0 aromatic carbocycles. The fourth-order valence-electron chi connectivity index (χ4n) is 2.42. The molecule has 0 bridgehead atoms. The minimum absolute atomic E-state index is 0.0635. The van der Waals surface area contributed by atoms with Crippen LogP contribution in [0, 0.1) is 6.92 Å². The summed E-state index contributed by atoms with van der Waals surface area (Å²) in [5.41, 5.74) is 1.72. The Morgan fingerprint density at radius 1 is 1.05 bits per heavy atom. The predicted molar refractivity (Wildman–Crippen MR) is 80.5 cm³/mol. The number of aromatic nitrogens is 2. The van der Waals surface area contributed by atoms with E-state index in [-0.39, 0.29) is 5.56 Å². The van der Waals surface area contributed by atoms with Gasteiger partial charge in [0.2, 0.25) is 0 Å². The van der Waals surface area contributed by atoms with Crippen LogP contribution in [-0.2, 0) is 13.5 Å². The van der Waals surface area contributed by atoms with Crippen LogP contribution in [-0.4, -0.2) is 9.55 Å². The van der Waals surface area contributed by atoms with Crippen LogP contribution in [0.5, 0.6) is 0 Å². The molecular formula is C16H28N2O. The van der Waals surface area contributed by atoms with Crippen LogP contribution in [0.25, 0.3) is 0 Å². The minimum atomic E-state index is 0.0635. The van der Waals surface area contributed by atoms with Gasteiger partial charge < -0.3 is 4.57 Å². The third-order valence-corrected chi connectivity index (χ3v) is 3.53. The lowest BCUT2D eigenvalue weighted by Gasteiger charge is -2.05. The molecule has 0 saturated heterocycles. The summed E-state index contributed by atoms with van der Waals surface area (Å²) in [6.07, 6.45) is 12.9. The van der Waals surface area contributed by atoms with Crippen LogP contribution in [0.15, 0.2) is 11.0 Å². The van der Waals surface area contributed by atoms with Crippen molar-refractivity contribution in [2.75, 3.05) is 0 Å². The Kier molecular flexibility index (Phi) is 7.46. The summed E-state index contributed by atoms with van der Waals surface area (Å²) in [4.78, 5) is 16.2. The van der Waals surface area contributed by atoms with Crippen molar-refractivity contribution in [3.8, 4) is 0 Å². The van der Waals surface area contributed by atoms with Gasteiger partial charge in [0, 0.05) is 13.2 Å². The number of hydrogen-bond donors (Lipinski definition) is 0. The number of aryl methyl sites for hydroxylation is 3. The quantitative estimate of drug-likeness (QED) is 0.636. The Morgan fingerprint density at radius 2 is 1.63 bits per heavy atom. The Labute approximate surface area is 117 Å². The molecule has 0 spiro atoms. The summed E-state index contributed by atoms with van der Waals surface area (Å²) in [5, 5.41) is 0. The summed E-state index contributed by atoms with van der Waals surface area (Å²) in [6, 6.07) is 0. The highest BCUT2D eigenvalue weighted by atomic mass is 16.1. The standard InChI is InChI=1S/C16H28N2O/c1-4-5-6-7-8-9-10-11-12-15-16(19)18(3)13-14(2)17-15/h13H,4-12H2,1-3H3. The summed E-state index contributed by atoms with van der Waals surface area (Å²) < 4.78 is 1.64. The number of unbranched alkanes of at least 4 members (excludes halogenated alkanes) is 7. The van der Waals surface area contributed by atoms with Crippen molar-refractivity contribution in [3.05, 3.63) is 27.9 Å². The number of rotatable bonds is 9. The van der Waals surface area contributed by atoms with Gasteiger partial charge in [-0.3, -0.25) is 9.78 Å². The van der Waals surface area contributed by atoms with Crippen LogP contribution in [0.2, 0.25) is 0 Å². The SMILES string of the molecule is CCCCCCCCCCc1nc(C)cn(C)c1=O. The van der Waals surface area contributed by atoms with E-state index in [2.05, 4.69) is 11.9 Å². The highest BCUT2D eigenvalue weighted by Crippen LogP contribution is 2.09. The lowest BCUT2D eigenvalue weighted by molar-refractivity contribution is 0.572. The molecule has 1 aromatic heterocycles. The molecule has 0 amide bonds. The van der Waals surface area contributed by atoms with Gasteiger partial charge in [-0.25, -0.2) is 0 Å². The van der Waals surface area contributed by atoms with Crippen LogP contribution in [0.4, 0.5) is 0 Å². The lowest BCUT2D eigenvalue weighted by Crippen LogP contribution is -2.23. The highest BCUT2D eigenvalue weighted by molar-refractivity contribution is 5.03. The molecule has 0 unspecified atom stereocenters. The van der Waals surface area contributed by atoms with Crippen molar-refractivity contribution in [2.45, 2.75) is 71.6 Å². The zero-order valence-corrected chi connectivity index (χ0v) is 12.7. The Morgan fingerprint density at radius 3 is 2.26 bits per heavy atom. The molecule has 3 heteroatoms. The topological polar surface area (TPSA) is 34.9 Å². The smallest absolute Gasteiger partial charge is 0.271 e. The van der Waals surface area contributed by atoms with Crippen LogP contribution >= 0.6 is 0 Å². The largest absolute Gasteiger partial charge is 0.315 e. The van der Waals surface area contributed by atoms with E-state index in [1.807, 2.05) is 6.92 Å². The van der Waals surface area contributed by atoms with Crippen LogP contribution in [0.1, 0.15) is 69.7 Å². The van der Waals surface area contributed by atoms with Crippen molar-refractivity contribution in [1.29, 1.82) is 0 Å². The molecule has 0 N–H and O–H groups in total. The third-order valence-electron chi connectivity index (χ3n) is 3.53. The van der Waals surface area contributed by atoms with Crippen molar-refractivity contribution in [1.82, 2.24) is 9.55 Å².